The Balaban J connectivity index is 1.22. The summed E-state index contributed by atoms with van der Waals surface area (Å²) in [7, 11) is 1.56. The predicted octanol–water partition coefficient (Wildman–Crippen LogP) is 4.00. The lowest BCUT2D eigenvalue weighted by Crippen LogP contribution is -2.75. The maximum Gasteiger partial charge on any atom is 0.406 e. The monoisotopic (exact) mass is 616 g/mol. The number of alkyl halides is 3. The Morgan fingerprint density at radius 1 is 1.02 bits per heavy atom. The van der Waals surface area contributed by atoms with Crippen molar-refractivity contribution in [2.24, 2.45) is 5.92 Å². The van der Waals surface area contributed by atoms with Gasteiger partial charge in [0.15, 0.2) is 0 Å². The molecule has 3 fully saturated rings. The molecule has 44 heavy (non-hydrogen) atoms. The lowest BCUT2D eigenvalue weighted by atomic mass is 9.78. The highest BCUT2D eigenvalue weighted by molar-refractivity contribution is 6.00. The van der Waals surface area contributed by atoms with Crippen LogP contribution in [0.3, 0.4) is 0 Å². The molecule has 2 aromatic rings. The zero-order chi connectivity index (χ0) is 31.5. The van der Waals surface area contributed by atoms with Gasteiger partial charge in [-0.3, -0.25) is 19.3 Å². The molecule has 2 atom stereocenters. The third-order valence-electron chi connectivity index (χ3n) is 9.16. The number of hydrogen-bond donors (Lipinski definition) is 3. The number of likely N-dealkylation sites (tertiary alicyclic amines) is 1. The molecule has 2 heterocycles. The molecule has 2 saturated heterocycles. The van der Waals surface area contributed by atoms with E-state index in [0.29, 0.717) is 54.4 Å². The topological polar surface area (TPSA) is 111 Å². The summed E-state index contributed by atoms with van der Waals surface area (Å²) in [5.74, 6) is -0.717. The fourth-order valence-corrected chi connectivity index (χ4v) is 6.68. The number of aliphatic hydroxyl groups excluding tert-OH is 1. The fraction of sp³-hybridized carbons (Fsp3) is 0.531. The van der Waals surface area contributed by atoms with E-state index in [4.69, 9.17) is 4.74 Å². The van der Waals surface area contributed by atoms with Gasteiger partial charge in [0.2, 0.25) is 11.8 Å². The number of nitrogens with one attached hydrogen (secondary N) is 2. The summed E-state index contributed by atoms with van der Waals surface area (Å²) in [5, 5.41) is 16.2. The molecule has 2 aromatic carbocycles. The molecule has 1 spiro atoms. The average Bonchev–Trinajstić information content (AvgIpc) is 3.02. The molecule has 3 N–H and O–H groups in total. The van der Waals surface area contributed by atoms with Crippen molar-refractivity contribution in [2.45, 2.75) is 75.4 Å². The van der Waals surface area contributed by atoms with Crippen LogP contribution in [0.1, 0.15) is 60.9 Å². The van der Waals surface area contributed by atoms with Crippen LogP contribution >= 0.6 is 0 Å². The quantitative estimate of drug-likeness (QED) is 0.414. The van der Waals surface area contributed by atoms with Crippen molar-refractivity contribution < 1.29 is 37.4 Å². The second kappa shape index (κ2) is 13.2. The van der Waals surface area contributed by atoms with Crippen molar-refractivity contribution in [2.75, 3.05) is 26.7 Å². The zero-order valence-electron chi connectivity index (χ0n) is 24.7. The normalized spacial score (nSPS) is 22.0. The molecule has 2 aliphatic heterocycles. The van der Waals surface area contributed by atoms with E-state index in [1.165, 1.54) is 0 Å². The lowest BCUT2D eigenvalue weighted by molar-refractivity contribution is -0.190. The Hall–Kier alpha value is -3.64. The van der Waals surface area contributed by atoms with E-state index in [0.717, 1.165) is 24.8 Å². The van der Waals surface area contributed by atoms with E-state index >= 15 is 0 Å². The number of rotatable bonds is 8. The third-order valence-corrected chi connectivity index (χ3v) is 9.16. The van der Waals surface area contributed by atoms with E-state index < -0.39 is 42.2 Å². The minimum absolute atomic E-state index is 0.0557. The first kappa shape index (κ1) is 31.8. The van der Waals surface area contributed by atoms with Gasteiger partial charge in [-0.25, -0.2) is 0 Å². The summed E-state index contributed by atoms with van der Waals surface area (Å²) in [6, 6.07) is 12.8. The van der Waals surface area contributed by atoms with Gasteiger partial charge in [0.25, 0.3) is 5.91 Å². The number of piperazine rings is 1. The Kier molecular flexibility index (Phi) is 9.50. The highest BCUT2D eigenvalue weighted by Gasteiger charge is 2.57. The molecule has 9 nitrogen and oxygen atoms in total. The predicted molar refractivity (Wildman–Crippen MR) is 156 cm³/mol. The van der Waals surface area contributed by atoms with Gasteiger partial charge in [-0.15, -0.1) is 0 Å². The summed E-state index contributed by atoms with van der Waals surface area (Å²) in [6.45, 7) is -0.375. The number of aliphatic hydroxyl groups is 1. The van der Waals surface area contributed by atoms with Gasteiger partial charge in [-0.2, -0.15) is 13.2 Å². The van der Waals surface area contributed by atoms with Gasteiger partial charge in [-0.05, 0) is 73.6 Å². The van der Waals surface area contributed by atoms with E-state index in [1.54, 1.807) is 31.3 Å². The molecule has 1 aliphatic carbocycles. The van der Waals surface area contributed by atoms with E-state index in [2.05, 4.69) is 10.6 Å². The summed E-state index contributed by atoms with van der Waals surface area (Å²) >= 11 is 0. The maximum atomic E-state index is 13.7. The van der Waals surface area contributed by atoms with E-state index in [9.17, 15) is 32.7 Å². The molecule has 238 valence electrons. The van der Waals surface area contributed by atoms with Gasteiger partial charge in [0.05, 0.1) is 6.10 Å². The Bertz CT molecular complexity index is 1320. The third kappa shape index (κ3) is 7.02. The molecule has 3 amide bonds. The summed E-state index contributed by atoms with van der Waals surface area (Å²) in [5.41, 5.74) is -0.140. The van der Waals surface area contributed by atoms with Crippen LogP contribution < -0.4 is 15.4 Å². The maximum absolute atomic E-state index is 13.7. The standard InChI is InChI=1S/C32H39F3N4O5/c1-36-28(41)23-9-13-25(14-10-23)44-24-11-7-21(8-12-24)19-38-17-15-31(16-18-38)30(43)37-26(27(40)22-5-3-2-4-6-22)29(42)39(31)20-32(33,34)35/h7-14,22,26-27,40H,2-6,15-20H2,1H3,(H,36,41)(H,37,43)/t26-,27-/m1/s1. The largest absolute Gasteiger partial charge is 0.457 e. The lowest BCUT2D eigenvalue weighted by Gasteiger charge is -2.52. The Morgan fingerprint density at radius 2 is 1.61 bits per heavy atom. The van der Waals surface area contributed by atoms with Gasteiger partial charge >= 0.3 is 6.18 Å². The van der Waals surface area contributed by atoms with Crippen LogP contribution in [-0.4, -0.2) is 83.2 Å². The number of piperidine rings is 1. The van der Waals surface area contributed by atoms with Crippen molar-refractivity contribution in [1.82, 2.24) is 20.4 Å². The van der Waals surface area contributed by atoms with Crippen molar-refractivity contribution in [3.8, 4) is 11.5 Å². The Morgan fingerprint density at radius 3 is 2.18 bits per heavy atom. The van der Waals surface area contributed by atoms with Crippen molar-refractivity contribution in [3.63, 3.8) is 0 Å². The van der Waals surface area contributed by atoms with Crippen LogP contribution in [0.2, 0.25) is 0 Å². The first-order valence-electron chi connectivity index (χ1n) is 15.2. The smallest absolute Gasteiger partial charge is 0.406 e. The number of amides is 3. The van der Waals surface area contributed by atoms with Gasteiger partial charge in [-0.1, -0.05) is 31.4 Å². The van der Waals surface area contributed by atoms with Gasteiger partial charge < -0.3 is 25.4 Å². The summed E-state index contributed by atoms with van der Waals surface area (Å²) in [6.07, 6.45) is -1.65. The van der Waals surface area contributed by atoms with Crippen molar-refractivity contribution in [1.29, 1.82) is 0 Å². The van der Waals surface area contributed by atoms with Crippen LogP contribution in [0.4, 0.5) is 13.2 Å². The number of nitrogens with zero attached hydrogens (tertiary/aromatic N) is 2. The highest BCUT2D eigenvalue weighted by Crippen LogP contribution is 2.38. The van der Waals surface area contributed by atoms with Gasteiger partial charge in [0.1, 0.15) is 29.6 Å². The van der Waals surface area contributed by atoms with Crippen molar-refractivity contribution >= 4 is 17.7 Å². The average molecular weight is 617 g/mol. The molecule has 1 saturated carbocycles. The minimum Gasteiger partial charge on any atom is -0.457 e. The molecule has 12 heteroatoms. The van der Waals surface area contributed by atoms with Crippen molar-refractivity contribution in [3.05, 3.63) is 59.7 Å². The Labute approximate surface area is 254 Å². The van der Waals surface area contributed by atoms with Crippen LogP contribution in [-0.2, 0) is 16.1 Å². The molecule has 0 unspecified atom stereocenters. The van der Waals surface area contributed by atoms with Crippen LogP contribution in [0.5, 0.6) is 11.5 Å². The van der Waals surface area contributed by atoms with Crippen LogP contribution in [0.15, 0.2) is 48.5 Å². The first-order chi connectivity index (χ1) is 21.0. The SMILES string of the molecule is CNC(=O)c1ccc(Oc2ccc(CN3CCC4(CC3)C(=O)N[C@H]([C@H](O)C3CCCCC3)C(=O)N4CC(F)(F)F)cc2)cc1. The first-order valence-corrected chi connectivity index (χ1v) is 15.2. The minimum atomic E-state index is -4.69. The fourth-order valence-electron chi connectivity index (χ4n) is 6.68. The second-order valence-electron chi connectivity index (χ2n) is 12.0. The number of carbonyl (C=O) groups is 3. The number of halogens is 3. The number of hydrogen-bond acceptors (Lipinski definition) is 6. The summed E-state index contributed by atoms with van der Waals surface area (Å²) < 4.78 is 47.1. The zero-order valence-corrected chi connectivity index (χ0v) is 24.7. The molecule has 0 bridgehead atoms. The van der Waals surface area contributed by atoms with Crippen LogP contribution in [0, 0.1) is 5.92 Å². The van der Waals surface area contributed by atoms with Crippen LogP contribution in [0.25, 0.3) is 0 Å². The highest BCUT2D eigenvalue weighted by atomic mass is 19.4. The molecular weight excluding hydrogens is 577 g/mol. The van der Waals surface area contributed by atoms with E-state index in [-0.39, 0.29) is 24.7 Å². The molecular formula is C32H39F3N4O5. The summed E-state index contributed by atoms with van der Waals surface area (Å²) in [4.78, 5) is 41.5. The molecule has 0 radical (unpaired) electrons. The molecule has 5 rings (SSSR count). The second-order valence-corrected chi connectivity index (χ2v) is 12.0. The number of ether oxygens (including phenoxy) is 1. The number of carbonyl (C=O) groups excluding carboxylic acids is 3. The molecule has 0 aromatic heterocycles. The van der Waals surface area contributed by atoms with Gasteiger partial charge in [0, 0.05) is 32.2 Å². The van der Waals surface area contributed by atoms with E-state index in [1.807, 2.05) is 29.2 Å². The number of benzene rings is 2. The molecule has 3 aliphatic rings.